The number of nitrogens with one attached hydrogen (secondary N) is 1. The fourth-order valence-corrected chi connectivity index (χ4v) is 4.96. The van der Waals surface area contributed by atoms with Crippen LogP contribution in [0.4, 0.5) is 26.2 Å². The first-order valence-corrected chi connectivity index (χ1v) is 13.5. The minimum atomic E-state index is -0.668. The number of nitrogen functional groups attached to an aromatic ring is 1. The van der Waals surface area contributed by atoms with Crippen LogP contribution in [0.3, 0.4) is 0 Å². The Morgan fingerprint density at radius 3 is 2.62 bits per heavy atom. The zero-order chi connectivity index (χ0) is 28.1. The number of halogens is 2. The number of hydrogen-bond donors (Lipinski definition) is 2. The summed E-state index contributed by atoms with van der Waals surface area (Å²) in [5, 5.41) is 3.09. The lowest BCUT2D eigenvalue weighted by atomic mass is 9.95. The van der Waals surface area contributed by atoms with E-state index in [2.05, 4.69) is 50.0 Å². The average Bonchev–Trinajstić information content (AvgIpc) is 2.92. The lowest BCUT2D eigenvalue weighted by Gasteiger charge is -2.30. The predicted molar refractivity (Wildman–Crippen MR) is 153 cm³/mol. The van der Waals surface area contributed by atoms with Crippen molar-refractivity contribution in [3.63, 3.8) is 0 Å². The van der Waals surface area contributed by atoms with Gasteiger partial charge in [-0.25, -0.2) is 23.7 Å². The van der Waals surface area contributed by atoms with Gasteiger partial charge in [-0.1, -0.05) is 33.8 Å². The number of fused-ring (bicyclic) bond motifs is 1. The van der Waals surface area contributed by atoms with E-state index in [-0.39, 0.29) is 28.8 Å². The first-order valence-electron chi connectivity index (χ1n) is 13.5. The third-order valence-corrected chi connectivity index (χ3v) is 7.20. The van der Waals surface area contributed by atoms with Gasteiger partial charge < -0.3 is 16.0 Å². The van der Waals surface area contributed by atoms with E-state index in [4.69, 9.17) is 10.7 Å². The molecule has 0 radical (unpaired) electrons. The second-order valence-corrected chi connectivity index (χ2v) is 10.1. The standard InChI is InChI=1S/C29H38F2N8/c1-6-38(7-2)12-13-39-11-10-24-19(17-39)8-9-25(35-24)36-29-34-16-23(31)28(37-29)20-14-21(26(32)22(30)15-20)27(33-5)18(3)4/h8-9,14-16,18H,6-7,10-13,17,32H2,1-5H3,(H,34,35,36,37). The number of pyridine rings is 1. The van der Waals surface area contributed by atoms with Crippen LogP contribution in [-0.2, 0) is 13.0 Å². The van der Waals surface area contributed by atoms with Crippen molar-refractivity contribution in [2.45, 2.75) is 40.7 Å². The van der Waals surface area contributed by atoms with Gasteiger partial charge in [-0.3, -0.25) is 9.89 Å². The predicted octanol–water partition coefficient (Wildman–Crippen LogP) is 4.92. The summed E-state index contributed by atoms with van der Waals surface area (Å²) in [6.45, 7) is 14.3. The van der Waals surface area contributed by atoms with E-state index in [0.717, 1.165) is 57.6 Å². The van der Waals surface area contributed by atoms with Gasteiger partial charge in [-0.2, -0.15) is 0 Å². The van der Waals surface area contributed by atoms with Crippen LogP contribution in [-0.4, -0.2) is 70.2 Å². The van der Waals surface area contributed by atoms with Crippen LogP contribution in [0.5, 0.6) is 0 Å². The zero-order valence-corrected chi connectivity index (χ0v) is 23.4. The van der Waals surface area contributed by atoms with Gasteiger partial charge >= 0.3 is 0 Å². The van der Waals surface area contributed by atoms with Gasteiger partial charge in [0.2, 0.25) is 5.95 Å². The van der Waals surface area contributed by atoms with E-state index in [0.29, 0.717) is 17.1 Å². The van der Waals surface area contributed by atoms with E-state index in [1.165, 1.54) is 11.6 Å². The smallest absolute Gasteiger partial charge is 0.229 e. The molecule has 0 amide bonds. The van der Waals surface area contributed by atoms with Gasteiger partial charge in [0.15, 0.2) is 5.82 Å². The van der Waals surface area contributed by atoms with Crippen molar-refractivity contribution in [1.29, 1.82) is 0 Å². The van der Waals surface area contributed by atoms with Crippen molar-refractivity contribution in [2.75, 3.05) is 50.8 Å². The van der Waals surface area contributed by atoms with Crippen molar-refractivity contribution < 1.29 is 8.78 Å². The van der Waals surface area contributed by atoms with E-state index in [1.807, 2.05) is 19.9 Å². The summed E-state index contributed by atoms with van der Waals surface area (Å²) in [6, 6.07) is 6.76. The Morgan fingerprint density at radius 1 is 1.15 bits per heavy atom. The molecular formula is C29H38F2N8. The number of benzene rings is 1. The summed E-state index contributed by atoms with van der Waals surface area (Å²) in [6.07, 6.45) is 1.92. The monoisotopic (exact) mass is 536 g/mol. The first-order chi connectivity index (χ1) is 18.7. The third-order valence-electron chi connectivity index (χ3n) is 7.20. The molecule has 8 nitrogen and oxygen atoms in total. The number of aliphatic imine (C=N–C) groups is 1. The summed E-state index contributed by atoms with van der Waals surface area (Å²) < 4.78 is 29.7. The number of likely N-dealkylation sites (N-methyl/N-ethyl adjacent to an activating group) is 1. The Kier molecular flexibility index (Phi) is 9.19. The van der Waals surface area contributed by atoms with E-state index < -0.39 is 11.6 Å². The van der Waals surface area contributed by atoms with Crippen LogP contribution >= 0.6 is 0 Å². The molecule has 0 bridgehead atoms. The van der Waals surface area contributed by atoms with E-state index >= 15 is 0 Å². The van der Waals surface area contributed by atoms with Crippen molar-refractivity contribution in [2.24, 2.45) is 10.9 Å². The number of nitrogens with two attached hydrogens (primary N) is 1. The maximum absolute atomic E-state index is 14.9. The molecule has 1 aliphatic rings. The van der Waals surface area contributed by atoms with Crippen LogP contribution in [0.25, 0.3) is 11.3 Å². The molecule has 10 heteroatoms. The minimum Gasteiger partial charge on any atom is -0.396 e. The van der Waals surface area contributed by atoms with Crippen LogP contribution in [0, 0.1) is 17.6 Å². The van der Waals surface area contributed by atoms with Crippen LogP contribution in [0.15, 0.2) is 35.5 Å². The Balaban J connectivity index is 1.54. The van der Waals surface area contributed by atoms with Crippen molar-refractivity contribution >= 4 is 23.2 Å². The van der Waals surface area contributed by atoms with Gasteiger partial charge in [0.1, 0.15) is 17.3 Å². The lowest BCUT2D eigenvalue weighted by molar-refractivity contribution is 0.201. The fraction of sp³-hybridized carbons (Fsp3) is 0.448. The molecule has 0 unspecified atom stereocenters. The molecule has 39 heavy (non-hydrogen) atoms. The molecule has 4 rings (SSSR count). The number of rotatable bonds is 10. The molecule has 2 aromatic heterocycles. The van der Waals surface area contributed by atoms with Crippen LogP contribution < -0.4 is 11.1 Å². The summed E-state index contributed by atoms with van der Waals surface area (Å²) >= 11 is 0. The maximum Gasteiger partial charge on any atom is 0.229 e. The number of hydrogen-bond acceptors (Lipinski definition) is 8. The SMILES string of the molecule is CCN(CC)CCN1CCc2nc(Nc3ncc(F)c(-c4cc(F)c(N)c(C(=NC)C(C)C)c4)n3)ccc2C1. The molecular weight excluding hydrogens is 498 g/mol. The Hall–Kier alpha value is -3.50. The highest BCUT2D eigenvalue weighted by atomic mass is 19.1. The molecule has 0 atom stereocenters. The number of nitrogens with zero attached hydrogens (tertiary/aromatic N) is 6. The highest BCUT2D eigenvalue weighted by Crippen LogP contribution is 2.30. The van der Waals surface area contributed by atoms with Crippen LogP contribution in [0.1, 0.15) is 44.5 Å². The lowest BCUT2D eigenvalue weighted by Crippen LogP contribution is -2.38. The molecule has 0 aliphatic carbocycles. The van der Waals surface area contributed by atoms with Gasteiger partial charge in [-0.15, -0.1) is 0 Å². The number of aromatic nitrogens is 3. The summed E-state index contributed by atoms with van der Waals surface area (Å²) in [7, 11) is 1.63. The van der Waals surface area contributed by atoms with Crippen LogP contribution in [0.2, 0.25) is 0 Å². The minimum absolute atomic E-state index is 0.00367. The highest BCUT2D eigenvalue weighted by Gasteiger charge is 2.21. The van der Waals surface area contributed by atoms with Gasteiger partial charge in [0.05, 0.1) is 11.9 Å². The Morgan fingerprint density at radius 2 is 1.92 bits per heavy atom. The van der Waals surface area contributed by atoms with Crippen molar-refractivity contribution in [3.8, 4) is 11.3 Å². The topological polar surface area (TPSA) is 95.6 Å². The summed E-state index contributed by atoms with van der Waals surface area (Å²) in [5.74, 6) is -0.573. The second kappa shape index (κ2) is 12.6. The molecule has 3 heterocycles. The van der Waals surface area contributed by atoms with E-state index in [1.54, 1.807) is 13.1 Å². The largest absolute Gasteiger partial charge is 0.396 e. The average molecular weight is 537 g/mol. The Labute approximate surface area is 229 Å². The first kappa shape index (κ1) is 28.5. The van der Waals surface area contributed by atoms with Gasteiger partial charge in [-0.05, 0) is 42.8 Å². The Bertz CT molecular complexity index is 1340. The molecule has 0 spiro atoms. The summed E-state index contributed by atoms with van der Waals surface area (Å²) in [5.41, 5.74) is 9.51. The van der Waals surface area contributed by atoms with Crippen molar-refractivity contribution in [1.82, 2.24) is 24.8 Å². The van der Waals surface area contributed by atoms with Gasteiger partial charge in [0, 0.05) is 62.2 Å². The molecule has 3 N–H and O–H groups in total. The normalized spacial score (nSPS) is 14.2. The summed E-state index contributed by atoms with van der Waals surface area (Å²) in [4.78, 5) is 22.4. The second-order valence-electron chi connectivity index (χ2n) is 10.1. The molecule has 1 aromatic carbocycles. The molecule has 208 valence electrons. The fourth-order valence-electron chi connectivity index (χ4n) is 4.96. The van der Waals surface area contributed by atoms with Crippen molar-refractivity contribution in [3.05, 3.63) is 58.9 Å². The zero-order valence-electron chi connectivity index (χ0n) is 23.4. The quantitative estimate of drug-likeness (QED) is 0.281. The third kappa shape index (κ3) is 6.57. The molecule has 1 aliphatic heterocycles. The number of anilines is 3. The highest BCUT2D eigenvalue weighted by molar-refractivity contribution is 6.06. The molecule has 0 fully saturated rings. The molecule has 3 aromatic rings. The molecule has 0 saturated carbocycles. The maximum atomic E-state index is 14.9. The molecule has 0 saturated heterocycles. The van der Waals surface area contributed by atoms with E-state index in [9.17, 15) is 8.78 Å². The van der Waals surface area contributed by atoms with Gasteiger partial charge in [0.25, 0.3) is 0 Å².